The van der Waals surface area contributed by atoms with Crippen LogP contribution in [0.1, 0.15) is 198 Å². The van der Waals surface area contributed by atoms with Gasteiger partial charge in [-0.2, -0.15) is 0 Å². The zero-order valence-electron chi connectivity index (χ0n) is 50.9. The van der Waals surface area contributed by atoms with Gasteiger partial charge in [0, 0.05) is 86.9 Å². The first kappa shape index (κ1) is 56.0. The number of piperidine rings is 2. The molecule has 4 heterocycles. The molecule has 79 heavy (non-hydrogen) atoms. The van der Waals surface area contributed by atoms with E-state index in [2.05, 4.69) is 94.9 Å². The summed E-state index contributed by atoms with van der Waals surface area (Å²) in [6.45, 7) is 30.7. The predicted octanol–water partition coefficient (Wildman–Crippen LogP) is 10.9. The second kappa shape index (κ2) is 19.7. The lowest BCUT2D eigenvalue weighted by molar-refractivity contribution is -0.148. The standard InChI is InChI=1S/C35H55N3O4.C33H51NO3/c1-6-29(40)37-18-30(41)36-13-14-38-19-21(2)15-28-31(38)22(3)35(42-28)12-10-26-25-8-7-23-16-24(39)9-11-32(23,4)27(25)17-34(26)20-33(34,35)5;1-6-14-36-15-13-34-19-21(2)16-28-29(34)22(3)33(37-28)12-10-26-25-8-7-23-17-24(35)9-11-30(23,4)27(25)18-32(26)20-31(32,33)5/h16,21-22,24-28,31,39H,6-15,17-20H2,1-5H3,(H,36,41)(H,37,40);17,21-22,25-29H,6-16,18-20H2,1-5H3/t21-,22+,24-,25-,26-,27-,28+,31-,32-,33?,34?,35+;21-,22+,25-,26-,27-,28+,29-,30-,31?,32?,33+/m00/s1. The van der Waals surface area contributed by atoms with Gasteiger partial charge in [-0.3, -0.25) is 24.2 Å². The van der Waals surface area contributed by atoms with Crippen LogP contribution in [0.2, 0.25) is 0 Å². The van der Waals surface area contributed by atoms with Gasteiger partial charge in [0.05, 0.1) is 42.7 Å². The van der Waals surface area contributed by atoms with Crippen LogP contribution in [-0.4, -0.2) is 127 Å². The third-order valence-electron chi connectivity index (χ3n) is 28.2. The molecule has 11 nitrogen and oxygen atoms in total. The molecule has 11 heteroatoms. The highest BCUT2D eigenvalue weighted by molar-refractivity contribution is 5.91. The molecule has 10 aliphatic carbocycles. The van der Waals surface area contributed by atoms with Gasteiger partial charge in [-0.25, -0.2) is 0 Å². The molecule has 0 aromatic rings. The third-order valence-corrected chi connectivity index (χ3v) is 28.2. The van der Waals surface area contributed by atoms with Crippen LogP contribution in [0.3, 0.4) is 0 Å². The summed E-state index contributed by atoms with van der Waals surface area (Å²) in [6, 6.07) is 0.951. The normalized spacial score (nSPS) is 52.3. The molecular weight excluding hydrogens is 985 g/mol. The van der Waals surface area contributed by atoms with Gasteiger partial charge in [0.2, 0.25) is 11.8 Å². The van der Waals surface area contributed by atoms with Crippen molar-refractivity contribution in [3.8, 4) is 0 Å². The van der Waals surface area contributed by atoms with E-state index in [1.807, 2.05) is 0 Å². The van der Waals surface area contributed by atoms with Crippen molar-refractivity contribution in [3.63, 3.8) is 0 Å². The van der Waals surface area contributed by atoms with Gasteiger partial charge >= 0.3 is 0 Å². The Bertz CT molecular complexity index is 2480. The largest absolute Gasteiger partial charge is 0.389 e. The Morgan fingerprint density at radius 3 is 1.80 bits per heavy atom. The first-order valence-electron chi connectivity index (χ1n) is 33.2. The minimum Gasteiger partial charge on any atom is -0.389 e. The van der Waals surface area contributed by atoms with Crippen LogP contribution in [0.15, 0.2) is 23.3 Å². The summed E-state index contributed by atoms with van der Waals surface area (Å²) in [4.78, 5) is 41.6. The van der Waals surface area contributed by atoms with E-state index in [-0.39, 0.29) is 58.0 Å². The van der Waals surface area contributed by atoms with Crippen molar-refractivity contribution in [2.75, 3.05) is 52.5 Å². The molecule has 0 aromatic heterocycles. The summed E-state index contributed by atoms with van der Waals surface area (Å²) in [5.74, 6) is 7.44. The summed E-state index contributed by atoms with van der Waals surface area (Å²) >= 11 is 0. The fraction of sp³-hybridized carbons (Fsp3) is 0.897. The molecule has 3 N–H and O–H groups in total. The molecule has 4 unspecified atom stereocenters. The fourth-order valence-electron chi connectivity index (χ4n) is 24.5. The topological polar surface area (TPSA) is 130 Å². The summed E-state index contributed by atoms with van der Waals surface area (Å²) in [5, 5.41) is 16.1. The highest BCUT2D eigenvalue weighted by atomic mass is 16.5. The molecule has 0 bridgehead atoms. The van der Waals surface area contributed by atoms with E-state index in [1.54, 1.807) is 12.5 Å². The van der Waals surface area contributed by atoms with Crippen LogP contribution in [0.5, 0.6) is 0 Å². The number of carbonyl (C=O) groups excluding carboxylic acids is 3. The number of carbonyl (C=O) groups is 3. The SMILES string of the molecule is CCC(=O)NCC(=O)NCCN1C[C@@H](C)C[C@H]2O[C@]3(CC[C@H]4[C@@H]5CCC6=C[C@@H](O)CC[C@]6(C)[C@H]5CC45CC53C)[C@H](C)[C@@H]21.CCCOCCN1C[C@@H](C)C[C@H]2O[C@]3(CC[C@H]4[C@@H]5CCC6=CC(=O)CC[C@]6(C)[C@H]5CC45CC53C)[C@H](C)[C@@H]21. The number of nitrogens with zero attached hydrogens (tertiary/aromatic N) is 2. The van der Waals surface area contributed by atoms with Crippen molar-refractivity contribution in [1.82, 2.24) is 20.4 Å². The lowest BCUT2D eigenvalue weighted by Crippen LogP contribution is -2.55. The number of rotatable bonds is 11. The smallest absolute Gasteiger partial charge is 0.239 e. The van der Waals surface area contributed by atoms with Crippen LogP contribution in [0.4, 0.5) is 0 Å². The van der Waals surface area contributed by atoms with Crippen molar-refractivity contribution >= 4 is 17.6 Å². The van der Waals surface area contributed by atoms with E-state index in [1.165, 1.54) is 95.6 Å². The molecule has 14 rings (SSSR count). The van der Waals surface area contributed by atoms with Gasteiger partial charge < -0.3 is 30.0 Å². The number of hydrogen-bond acceptors (Lipinski definition) is 9. The average molecular weight is 1090 g/mol. The van der Waals surface area contributed by atoms with Gasteiger partial charge in [-0.1, -0.05) is 86.5 Å². The Balaban J connectivity index is 0.000000151. The molecule has 440 valence electrons. The molecular formula is C68H106N4O7. The molecule has 23 atom stereocenters. The van der Waals surface area contributed by atoms with Crippen molar-refractivity contribution < 1.29 is 33.7 Å². The number of allylic oxidation sites excluding steroid dienone is 3. The lowest BCUT2D eigenvalue weighted by atomic mass is 9.56. The van der Waals surface area contributed by atoms with E-state index in [4.69, 9.17) is 14.2 Å². The van der Waals surface area contributed by atoms with Crippen LogP contribution < -0.4 is 10.6 Å². The number of ether oxygens (including phenoxy) is 3. The van der Waals surface area contributed by atoms with Crippen molar-refractivity contribution in [1.29, 1.82) is 0 Å². The molecule has 2 amide bonds. The number of aliphatic hydroxyl groups is 1. The molecule has 4 spiro atoms. The molecule has 14 aliphatic rings. The predicted molar refractivity (Wildman–Crippen MR) is 309 cm³/mol. The highest BCUT2D eigenvalue weighted by Gasteiger charge is 2.86. The maximum atomic E-state index is 12.3. The molecule has 8 saturated carbocycles. The molecule has 0 radical (unpaired) electrons. The lowest BCUT2D eigenvalue weighted by Gasteiger charge is -2.50. The molecule has 0 aromatic carbocycles. The summed E-state index contributed by atoms with van der Waals surface area (Å²) in [7, 11) is 0. The van der Waals surface area contributed by atoms with Crippen molar-refractivity contribution in [3.05, 3.63) is 23.3 Å². The average Bonchev–Trinajstić information content (AvgIpc) is 1.57. The number of amides is 2. The van der Waals surface area contributed by atoms with Gasteiger partial charge in [-0.05, 0) is 191 Å². The van der Waals surface area contributed by atoms with E-state index < -0.39 is 0 Å². The van der Waals surface area contributed by atoms with Gasteiger partial charge in [0.25, 0.3) is 0 Å². The van der Waals surface area contributed by atoms with E-state index >= 15 is 0 Å². The van der Waals surface area contributed by atoms with Crippen molar-refractivity contribution in [2.24, 2.45) is 91.7 Å². The van der Waals surface area contributed by atoms with Gasteiger partial charge in [-0.15, -0.1) is 0 Å². The van der Waals surface area contributed by atoms with Crippen LogP contribution >= 0.6 is 0 Å². The molecule has 12 fully saturated rings. The maximum absolute atomic E-state index is 12.3. The van der Waals surface area contributed by atoms with Crippen LogP contribution in [-0.2, 0) is 28.6 Å². The quantitative estimate of drug-likeness (QED) is 0.137. The zero-order valence-corrected chi connectivity index (χ0v) is 50.9. The second-order valence-corrected chi connectivity index (χ2v) is 31.3. The minimum atomic E-state index is -0.238. The number of fused-ring (bicyclic) bond motifs is 12. The van der Waals surface area contributed by atoms with E-state index in [9.17, 15) is 19.5 Å². The summed E-state index contributed by atoms with van der Waals surface area (Å²) in [6.07, 6.45) is 28.1. The monoisotopic (exact) mass is 1090 g/mol. The van der Waals surface area contributed by atoms with Crippen molar-refractivity contribution in [2.45, 2.75) is 239 Å². The molecule has 4 saturated heterocycles. The van der Waals surface area contributed by atoms with E-state index in [0.717, 1.165) is 107 Å². The van der Waals surface area contributed by atoms with Crippen LogP contribution in [0, 0.1) is 91.7 Å². The highest BCUT2D eigenvalue weighted by Crippen LogP contribution is 2.89. The number of hydrogen-bond donors (Lipinski definition) is 3. The second-order valence-electron chi connectivity index (χ2n) is 31.3. The Morgan fingerprint density at radius 1 is 0.671 bits per heavy atom. The number of likely N-dealkylation sites (tertiary alicyclic amines) is 2. The Hall–Kier alpha value is -2.15. The van der Waals surface area contributed by atoms with E-state index in [0.29, 0.717) is 76.9 Å². The maximum Gasteiger partial charge on any atom is 0.239 e. The Morgan fingerprint density at radius 2 is 1.23 bits per heavy atom. The Kier molecular flexibility index (Phi) is 14.0. The zero-order chi connectivity index (χ0) is 55.5. The minimum absolute atomic E-state index is 0.0427. The number of ketones is 1. The molecule has 4 aliphatic heterocycles. The first-order valence-corrected chi connectivity index (χ1v) is 33.2. The number of aliphatic hydroxyl groups excluding tert-OH is 1. The summed E-state index contributed by atoms with van der Waals surface area (Å²) < 4.78 is 20.9. The fourth-order valence-corrected chi connectivity index (χ4v) is 24.5. The Labute approximate surface area is 476 Å². The first-order chi connectivity index (χ1) is 37.7. The number of nitrogens with one attached hydrogen (secondary N) is 2. The van der Waals surface area contributed by atoms with Crippen LogP contribution in [0.25, 0.3) is 0 Å². The summed E-state index contributed by atoms with van der Waals surface area (Å²) in [5.41, 5.74) is 5.05. The van der Waals surface area contributed by atoms with Gasteiger partial charge in [0.1, 0.15) is 0 Å². The van der Waals surface area contributed by atoms with Gasteiger partial charge in [0.15, 0.2) is 5.78 Å². The third kappa shape index (κ3) is 8.04.